The maximum atomic E-state index is 10.6. The number of aromatic nitrogens is 2. The maximum absolute atomic E-state index is 10.6. The molecule has 0 unspecified atom stereocenters. The summed E-state index contributed by atoms with van der Waals surface area (Å²) in [6.07, 6.45) is 3.44. The van der Waals surface area contributed by atoms with E-state index < -0.39 is 4.92 Å². The lowest BCUT2D eigenvalue weighted by Gasteiger charge is -2.23. The van der Waals surface area contributed by atoms with Crippen molar-refractivity contribution in [2.45, 2.75) is 18.9 Å². The fraction of sp³-hybridized carbons (Fsp3) is 0.429. The van der Waals surface area contributed by atoms with Crippen molar-refractivity contribution in [1.29, 1.82) is 0 Å². The first kappa shape index (κ1) is 7.90. The number of hydrogen-bond donors (Lipinski definition) is 0. The largest absolute Gasteiger partial charge is 0.307 e. The summed E-state index contributed by atoms with van der Waals surface area (Å²) in [4.78, 5) is 20.4. The van der Waals surface area contributed by atoms with Gasteiger partial charge in [-0.05, 0) is 0 Å². The molecule has 0 saturated heterocycles. The van der Waals surface area contributed by atoms with E-state index in [9.17, 15) is 14.9 Å². The Hall–Kier alpha value is -1.72. The van der Waals surface area contributed by atoms with Gasteiger partial charge in [-0.2, -0.15) is 5.10 Å². The predicted octanol–water partition coefficient (Wildman–Crippen LogP) is 0.695. The van der Waals surface area contributed by atoms with Crippen LogP contribution in [0.3, 0.4) is 0 Å². The molecule has 1 aromatic heterocycles. The highest BCUT2D eigenvalue weighted by Gasteiger charge is 2.29. The Labute approximate surface area is 73.3 Å². The maximum Gasteiger partial charge on any atom is 0.307 e. The van der Waals surface area contributed by atoms with Crippen LogP contribution in [0.5, 0.6) is 0 Å². The van der Waals surface area contributed by atoms with E-state index in [1.807, 2.05) is 0 Å². The Bertz CT molecular complexity index is 363. The molecule has 2 rings (SSSR count). The summed E-state index contributed by atoms with van der Waals surface area (Å²) in [5, 5.41) is 14.1. The molecule has 68 valence electrons. The molecule has 0 atom stereocenters. The molecule has 0 bridgehead atoms. The van der Waals surface area contributed by atoms with Crippen LogP contribution in [-0.4, -0.2) is 20.5 Å². The zero-order valence-corrected chi connectivity index (χ0v) is 6.71. The molecule has 0 radical (unpaired) electrons. The van der Waals surface area contributed by atoms with Gasteiger partial charge < -0.3 is 0 Å². The van der Waals surface area contributed by atoms with Gasteiger partial charge in [0, 0.05) is 12.8 Å². The van der Waals surface area contributed by atoms with E-state index in [1.54, 1.807) is 0 Å². The Balaban J connectivity index is 2.14. The average Bonchev–Trinajstić information content (AvgIpc) is 2.46. The van der Waals surface area contributed by atoms with Gasteiger partial charge in [-0.3, -0.25) is 19.6 Å². The van der Waals surface area contributed by atoms with Gasteiger partial charge in [-0.15, -0.1) is 0 Å². The molecule has 6 heteroatoms. The van der Waals surface area contributed by atoms with Gasteiger partial charge in [0.05, 0.1) is 11.0 Å². The van der Waals surface area contributed by atoms with Gasteiger partial charge >= 0.3 is 5.69 Å². The van der Waals surface area contributed by atoms with Crippen LogP contribution in [0.1, 0.15) is 18.9 Å². The summed E-state index contributed by atoms with van der Waals surface area (Å²) in [6.45, 7) is 0. The molecule has 6 nitrogen and oxygen atoms in total. The summed E-state index contributed by atoms with van der Waals surface area (Å²) in [6, 6.07) is 0.0289. The predicted molar refractivity (Wildman–Crippen MR) is 42.2 cm³/mol. The molecule has 0 amide bonds. The van der Waals surface area contributed by atoms with Crippen LogP contribution >= 0.6 is 0 Å². The highest BCUT2D eigenvalue weighted by Crippen LogP contribution is 2.28. The third kappa shape index (κ3) is 1.30. The molecule has 1 heterocycles. The van der Waals surface area contributed by atoms with Crippen molar-refractivity contribution in [2.75, 3.05) is 0 Å². The Morgan fingerprint density at radius 2 is 2.31 bits per heavy atom. The number of nitro groups is 1. The van der Waals surface area contributed by atoms with E-state index in [2.05, 4.69) is 5.10 Å². The lowest BCUT2D eigenvalue weighted by molar-refractivity contribution is -0.385. The first-order valence-corrected chi connectivity index (χ1v) is 3.87. The second-order valence-corrected chi connectivity index (χ2v) is 3.04. The molecule has 13 heavy (non-hydrogen) atoms. The molecular weight excluding hydrogens is 174 g/mol. The minimum Gasteiger partial charge on any atom is -0.300 e. The third-order valence-electron chi connectivity index (χ3n) is 2.10. The number of rotatable bonds is 2. The second-order valence-electron chi connectivity index (χ2n) is 3.04. The average molecular weight is 181 g/mol. The lowest BCUT2D eigenvalue weighted by Crippen LogP contribution is -2.26. The number of nitrogens with zero attached hydrogens (tertiary/aromatic N) is 3. The normalized spacial score (nSPS) is 17.1. The van der Waals surface area contributed by atoms with Crippen LogP contribution < -0.4 is 0 Å². The van der Waals surface area contributed by atoms with Gasteiger partial charge in [0.25, 0.3) is 0 Å². The van der Waals surface area contributed by atoms with Crippen molar-refractivity contribution in [3.05, 3.63) is 22.5 Å². The van der Waals surface area contributed by atoms with E-state index in [0.29, 0.717) is 12.8 Å². The van der Waals surface area contributed by atoms with Gasteiger partial charge in [0.1, 0.15) is 18.2 Å². The smallest absolute Gasteiger partial charge is 0.300 e. The summed E-state index contributed by atoms with van der Waals surface area (Å²) < 4.78 is 1.49. The molecule has 1 fully saturated rings. The van der Waals surface area contributed by atoms with Crippen LogP contribution in [0, 0.1) is 10.1 Å². The molecule has 0 aromatic carbocycles. The topological polar surface area (TPSA) is 78.0 Å². The fourth-order valence-corrected chi connectivity index (χ4v) is 1.27. The van der Waals surface area contributed by atoms with E-state index in [4.69, 9.17) is 0 Å². The number of hydrogen-bond acceptors (Lipinski definition) is 4. The number of carbonyl (C=O) groups excluding carboxylic acids is 1. The number of carbonyl (C=O) groups is 1. The quantitative estimate of drug-likeness (QED) is 0.496. The van der Waals surface area contributed by atoms with Crippen molar-refractivity contribution < 1.29 is 9.72 Å². The number of Topliss-reactive ketones (excluding diaryl/α,β-unsaturated/α-hetero) is 1. The van der Waals surface area contributed by atoms with Crippen LogP contribution in [0.2, 0.25) is 0 Å². The summed E-state index contributed by atoms with van der Waals surface area (Å²) in [7, 11) is 0. The van der Waals surface area contributed by atoms with E-state index in [-0.39, 0.29) is 17.5 Å². The van der Waals surface area contributed by atoms with Crippen molar-refractivity contribution in [1.82, 2.24) is 9.78 Å². The molecule has 0 aliphatic heterocycles. The van der Waals surface area contributed by atoms with Gasteiger partial charge in [0.2, 0.25) is 0 Å². The molecule has 0 spiro atoms. The zero-order valence-electron chi connectivity index (χ0n) is 6.71. The molecule has 1 saturated carbocycles. The van der Waals surface area contributed by atoms with Gasteiger partial charge in [-0.25, -0.2) is 0 Å². The monoisotopic (exact) mass is 181 g/mol. The fourth-order valence-electron chi connectivity index (χ4n) is 1.27. The summed E-state index contributed by atoms with van der Waals surface area (Å²) in [5.41, 5.74) is -0.0284. The first-order chi connectivity index (χ1) is 6.16. The van der Waals surface area contributed by atoms with Gasteiger partial charge in [0.15, 0.2) is 0 Å². The SMILES string of the molecule is O=C1CC(n2cc([N+](=O)[O-])cn2)C1. The Morgan fingerprint density at radius 1 is 1.62 bits per heavy atom. The van der Waals surface area contributed by atoms with Crippen LogP contribution in [0.25, 0.3) is 0 Å². The molecule has 1 aromatic rings. The molecule has 0 N–H and O–H groups in total. The van der Waals surface area contributed by atoms with E-state index in [0.717, 1.165) is 0 Å². The lowest BCUT2D eigenvalue weighted by atomic mass is 9.92. The molecule has 1 aliphatic rings. The highest BCUT2D eigenvalue weighted by molar-refractivity contribution is 5.85. The van der Waals surface area contributed by atoms with Crippen LogP contribution in [0.15, 0.2) is 12.4 Å². The van der Waals surface area contributed by atoms with E-state index >= 15 is 0 Å². The van der Waals surface area contributed by atoms with Gasteiger partial charge in [-0.1, -0.05) is 0 Å². The minimum atomic E-state index is -0.496. The Kier molecular flexibility index (Phi) is 1.61. The van der Waals surface area contributed by atoms with Crippen molar-refractivity contribution in [3.63, 3.8) is 0 Å². The van der Waals surface area contributed by atoms with Crippen molar-refractivity contribution >= 4 is 11.5 Å². The van der Waals surface area contributed by atoms with Crippen molar-refractivity contribution in [2.24, 2.45) is 0 Å². The van der Waals surface area contributed by atoms with Crippen molar-refractivity contribution in [3.8, 4) is 0 Å². The number of ketones is 1. The first-order valence-electron chi connectivity index (χ1n) is 3.87. The van der Waals surface area contributed by atoms with Crippen LogP contribution in [-0.2, 0) is 4.79 Å². The van der Waals surface area contributed by atoms with Crippen LogP contribution in [0.4, 0.5) is 5.69 Å². The molecular formula is C7H7N3O3. The Morgan fingerprint density at radius 3 is 2.77 bits per heavy atom. The highest BCUT2D eigenvalue weighted by atomic mass is 16.6. The summed E-state index contributed by atoms with van der Waals surface area (Å²) >= 11 is 0. The van der Waals surface area contributed by atoms with E-state index in [1.165, 1.54) is 17.1 Å². The summed E-state index contributed by atoms with van der Waals surface area (Å²) in [5.74, 6) is 0.183. The standard InChI is InChI=1S/C7H7N3O3/c11-7-1-5(2-7)9-4-6(3-8-9)10(12)13/h3-5H,1-2H2. The third-order valence-corrected chi connectivity index (χ3v) is 2.10. The minimum absolute atomic E-state index is 0.0284. The molecule has 1 aliphatic carbocycles. The zero-order chi connectivity index (χ0) is 9.42. The second kappa shape index (κ2) is 2.65.